The van der Waals surface area contributed by atoms with Crippen molar-refractivity contribution in [3.63, 3.8) is 0 Å². The van der Waals surface area contributed by atoms with Crippen LogP contribution in [0.5, 0.6) is 0 Å². The molecule has 21 heavy (non-hydrogen) atoms. The van der Waals surface area contributed by atoms with Gasteiger partial charge in [-0.15, -0.1) is 0 Å². The third-order valence-corrected chi connectivity index (χ3v) is 3.07. The molecule has 0 radical (unpaired) electrons. The van der Waals surface area contributed by atoms with Gasteiger partial charge in [0.1, 0.15) is 0 Å². The molecule has 0 unspecified atom stereocenters. The summed E-state index contributed by atoms with van der Waals surface area (Å²) in [7, 11) is 0. The summed E-state index contributed by atoms with van der Waals surface area (Å²) in [5.74, 6) is 0. The predicted molar refractivity (Wildman–Crippen MR) is 76.5 cm³/mol. The summed E-state index contributed by atoms with van der Waals surface area (Å²) in [6.45, 7) is 0. The molecule has 1 aliphatic rings. The summed E-state index contributed by atoms with van der Waals surface area (Å²) in [5.41, 5.74) is 2.48. The van der Waals surface area contributed by atoms with Gasteiger partial charge in [-0.3, -0.25) is 0 Å². The normalized spacial score (nSPS) is 14.9. The van der Waals surface area contributed by atoms with Crippen LogP contribution in [0.1, 0.15) is 12.0 Å². The Bertz CT molecular complexity index is 647. The van der Waals surface area contributed by atoms with E-state index in [0.717, 1.165) is 6.42 Å². The van der Waals surface area contributed by atoms with E-state index >= 15 is 0 Å². The van der Waals surface area contributed by atoms with E-state index < -0.39 is 0 Å². The Morgan fingerprint density at radius 3 is 2.24 bits per heavy atom. The first kappa shape index (κ1) is 17.5. The highest BCUT2D eigenvalue weighted by Gasteiger charge is 2.23. The van der Waals surface area contributed by atoms with Gasteiger partial charge in [0, 0.05) is 24.3 Å². The van der Waals surface area contributed by atoms with Crippen LogP contribution in [0.4, 0.5) is 0 Å². The van der Waals surface area contributed by atoms with Crippen LogP contribution in [0.25, 0.3) is 6.08 Å². The van der Waals surface area contributed by atoms with Crippen LogP contribution < -0.4 is 38.6 Å². The van der Waals surface area contributed by atoms with Crippen molar-refractivity contribution in [3.05, 3.63) is 84.3 Å². The average Bonchev–Trinajstić information content (AvgIpc) is 2.50. The molecule has 0 atom stereocenters. The van der Waals surface area contributed by atoms with E-state index in [4.69, 9.17) is 0 Å². The lowest BCUT2D eigenvalue weighted by Gasteiger charge is -2.01. The molecule has 1 aliphatic heterocycles. The molecule has 0 saturated heterocycles. The Labute approximate surface area is 146 Å². The van der Waals surface area contributed by atoms with Crippen LogP contribution in [0.3, 0.4) is 0 Å². The van der Waals surface area contributed by atoms with E-state index in [-0.39, 0.29) is 34.0 Å². The highest BCUT2D eigenvalue weighted by Crippen LogP contribution is 2.12. The van der Waals surface area contributed by atoms with Gasteiger partial charge in [0.25, 0.3) is 5.70 Å². The van der Waals surface area contributed by atoms with Crippen molar-refractivity contribution in [2.24, 2.45) is 0 Å². The third-order valence-electron chi connectivity index (χ3n) is 3.07. The van der Waals surface area contributed by atoms with E-state index in [2.05, 4.69) is 70.5 Å². The smallest absolute Gasteiger partial charge is 0.258 e. The van der Waals surface area contributed by atoms with Gasteiger partial charge in [-0.05, 0) is 11.6 Å². The monoisotopic (exact) mass is 406 g/mol. The van der Waals surface area contributed by atoms with Gasteiger partial charge in [0.2, 0.25) is 18.6 Å². The Balaban J connectivity index is 0.00000110. The van der Waals surface area contributed by atoms with Crippen molar-refractivity contribution in [1.29, 1.82) is 0 Å². The lowest BCUT2D eigenvalue weighted by molar-refractivity contribution is -1.19. The van der Waals surface area contributed by atoms with Crippen molar-refractivity contribution >= 4 is 12.3 Å². The molecule has 1 aromatic heterocycles. The Morgan fingerprint density at radius 1 is 0.857 bits per heavy atom. The molecule has 0 N–H and O–H groups in total. The second kappa shape index (κ2) is 8.70. The summed E-state index contributed by atoms with van der Waals surface area (Å²) < 4.78 is 4.24. The fourth-order valence-electron chi connectivity index (χ4n) is 2.15. The number of allylic oxidation sites excluding steroid dienone is 2. The van der Waals surface area contributed by atoms with Crippen LogP contribution in [0.2, 0.25) is 0 Å². The molecule has 1 aromatic carbocycles. The molecule has 0 amide bonds. The van der Waals surface area contributed by atoms with E-state index in [1.165, 1.54) is 11.3 Å². The SMILES string of the molecule is C1=CCC(=Cc2ccccc2)[N+]([n+]2ccccc2)=C1.[Br-].[Br-]. The predicted octanol–water partition coefficient (Wildman–Crippen LogP) is -3.17. The van der Waals surface area contributed by atoms with E-state index in [1.54, 1.807) is 0 Å². The zero-order chi connectivity index (χ0) is 12.9. The number of rotatable bonds is 2. The van der Waals surface area contributed by atoms with Crippen LogP contribution in [0, 0.1) is 0 Å². The van der Waals surface area contributed by atoms with Gasteiger partial charge in [-0.25, -0.2) is 0 Å². The van der Waals surface area contributed by atoms with Gasteiger partial charge in [-0.2, -0.15) is 0 Å². The topological polar surface area (TPSA) is 6.89 Å². The molecule has 4 heteroatoms. The van der Waals surface area contributed by atoms with Crippen LogP contribution in [-0.2, 0) is 0 Å². The molecule has 0 spiro atoms. The standard InChI is InChI=1S/C17H16N2.2BrH/c1-3-9-16(10-4-1)15-17-11-5-8-14-19(17)18-12-6-2-7-13-18;;/h1-10,12-15H,11H2;2*1H/q+2;;/p-2. The Kier molecular flexibility index (Phi) is 7.26. The van der Waals surface area contributed by atoms with Gasteiger partial charge in [0.05, 0.1) is 15.8 Å². The minimum atomic E-state index is 0. The molecule has 2 nitrogen and oxygen atoms in total. The fourth-order valence-corrected chi connectivity index (χ4v) is 2.15. The number of nitrogens with zero attached hydrogens (tertiary/aromatic N) is 2. The lowest BCUT2D eigenvalue weighted by atomic mass is 10.1. The average molecular weight is 408 g/mol. The van der Waals surface area contributed by atoms with E-state index in [0.29, 0.717) is 0 Å². The van der Waals surface area contributed by atoms with Crippen molar-refractivity contribution in [3.8, 4) is 0 Å². The summed E-state index contributed by atoms with van der Waals surface area (Å²) in [6.07, 6.45) is 13.6. The highest BCUT2D eigenvalue weighted by atomic mass is 79.9. The number of benzene rings is 1. The highest BCUT2D eigenvalue weighted by molar-refractivity contribution is 5.68. The maximum atomic E-state index is 2.22. The van der Waals surface area contributed by atoms with Gasteiger partial charge in [0.15, 0.2) is 0 Å². The van der Waals surface area contributed by atoms with Crippen molar-refractivity contribution in [2.45, 2.75) is 6.42 Å². The van der Waals surface area contributed by atoms with Crippen LogP contribution in [-0.4, -0.2) is 10.9 Å². The molecule has 3 rings (SSSR count). The Hall–Kier alpha value is -1.52. The summed E-state index contributed by atoms with van der Waals surface area (Å²) in [5, 5.41) is 0. The molecule has 2 aromatic rings. The largest absolute Gasteiger partial charge is 1.00 e. The molecular weight excluding hydrogens is 392 g/mol. The van der Waals surface area contributed by atoms with Gasteiger partial charge in [-0.1, -0.05) is 36.4 Å². The quantitative estimate of drug-likeness (QED) is 0.464. The second-order valence-electron chi connectivity index (χ2n) is 4.43. The molecule has 0 aliphatic carbocycles. The molecular formula is C17H16Br2N2. The van der Waals surface area contributed by atoms with Crippen LogP contribution >= 0.6 is 0 Å². The zero-order valence-electron chi connectivity index (χ0n) is 11.4. The number of halogens is 2. The summed E-state index contributed by atoms with van der Waals surface area (Å²) in [4.78, 5) is 0. The van der Waals surface area contributed by atoms with Gasteiger partial charge >= 0.3 is 0 Å². The first-order chi connectivity index (χ1) is 9.43. The number of hydrogen-bond acceptors (Lipinski definition) is 0. The molecule has 108 valence electrons. The third kappa shape index (κ3) is 4.48. The first-order valence-electron chi connectivity index (χ1n) is 6.45. The first-order valence-corrected chi connectivity index (χ1v) is 6.45. The molecule has 0 fully saturated rings. The zero-order valence-corrected chi connectivity index (χ0v) is 14.6. The van der Waals surface area contributed by atoms with Gasteiger partial charge < -0.3 is 34.0 Å². The Morgan fingerprint density at radius 2 is 1.52 bits per heavy atom. The molecule has 0 bridgehead atoms. The lowest BCUT2D eigenvalue weighted by Crippen LogP contribution is -3.00. The number of aromatic nitrogens is 1. The number of hydrogen-bond donors (Lipinski definition) is 0. The van der Waals surface area contributed by atoms with E-state index in [1.807, 2.05) is 24.3 Å². The fraction of sp³-hybridized carbons (Fsp3) is 0.0588. The molecule has 2 heterocycles. The van der Waals surface area contributed by atoms with Crippen molar-refractivity contribution in [1.82, 2.24) is 0 Å². The minimum Gasteiger partial charge on any atom is -1.00 e. The summed E-state index contributed by atoms with van der Waals surface area (Å²) >= 11 is 0. The van der Waals surface area contributed by atoms with Crippen LogP contribution in [0.15, 0.2) is 78.8 Å². The maximum absolute atomic E-state index is 2.22. The molecule has 0 saturated carbocycles. The summed E-state index contributed by atoms with van der Waals surface area (Å²) in [6, 6.07) is 16.5. The van der Waals surface area contributed by atoms with E-state index in [9.17, 15) is 0 Å². The number of pyridine rings is 1. The maximum Gasteiger partial charge on any atom is 0.258 e. The van der Waals surface area contributed by atoms with Crippen molar-refractivity contribution < 1.29 is 43.3 Å². The van der Waals surface area contributed by atoms with Crippen molar-refractivity contribution in [2.75, 3.05) is 0 Å². The second-order valence-corrected chi connectivity index (χ2v) is 4.43. The minimum absolute atomic E-state index is 0.